The van der Waals surface area contributed by atoms with Gasteiger partial charge in [0.05, 0.1) is 12.1 Å². The van der Waals surface area contributed by atoms with E-state index >= 15 is 0 Å². The van der Waals surface area contributed by atoms with Crippen molar-refractivity contribution in [2.75, 3.05) is 5.73 Å². The Kier molecular flexibility index (Phi) is 2.04. The van der Waals surface area contributed by atoms with Crippen LogP contribution in [0.4, 0.5) is 10.3 Å². The molecule has 17 heavy (non-hydrogen) atoms. The van der Waals surface area contributed by atoms with E-state index in [4.69, 9.17) is 5.73 Å². The molecular weight excluding hydrogens is 225 g/mol. The lowest BCUT2D eigenvalue weighted by molar-refractivity contribution is 0.408. The molecule has 0 aliphatic carbocycles. The van der Waals surface area contributed by atoms with E-state index < -0.39 is 5.82 Å². The van der Waals surface area contributed by atoms with Crippen LogP contribution >= 0.6 is 0 Å². The van der Waals surface area contributed by atoms with Gasteiger partial charge in [-0.2, -0.15) is 4.98 Å². The van der Waals surface area contributed by atoms with Crippen molar-refractivity contribution in [1.29, 1.82) is 0 Å². The molecule has 0 saturated carbocycles. The molecule has 0 atom stereocenters. The van der Waals surface area contributed by atoms with Gasteiger partial charge in [0.25, 0.3) is 0 Å². The van der Waals surface area contributed by atoms with Crippen LogP contribution < -0.4 is 5.73 Å². The molecule has 0 saturated heterocycles. The SMILES string of the molecule is Nc1nc2c(F)cccc2n1Cc1ncon1. The van der Waals surface area contributed by atoms with Crippen LogP contribution in [0, 0.1) is 5.82 Å². The maximum Gasteiger partial charge on any atom is 0.213 e. The van der Waals surface area contributed by atoms with Gasteiger partial charge in [-0.05, 0) is 12.1 Å². The monoisotopic (exact) mass is 233 g/mol. The van der Waals surface area contributed by atoms with Crippen molar-refractivity contribution in [2.45, 2.75) is 6.54 Å². The summed E-state index contributed by atoms with van der Waals surface area (Å²) in [5, 5.41) is 3.68. The van der Waals surface area contributed by atoms with Gasteiger partial charge in [0, 0.05) is 0 Å². The number of nitrogen functional groups attached to an aromatic ring is 1. The minimum atomic E-state index is -0.402. The summed E-state index contributed by atoms with van der Waals surface area (Å²) in [5.41, 5.74) is 6.59. The van der Waals surface area contributed by atoms with E-state index in [9.17, 15) is 4.39 Å². The summed E-state index contributed by atoms with van der Waals surface area (Å²) in [6, 6.07) is 4.68. The summed E-state index contributed by atoms with van der Waals surface area (Å²) in [6.07, 6.45) is 1.23. The number of anilines is 1. The molecule has 0 radical (unpaired) electrons. The van der Waals surface area contributed by atoms with Gasteiger partial charge < -0.3 is 14.8 Å². The number of halogens is 1. The third kappa shape index (κ3) is 1.52. The number of hydrogen-bond donors (Lipinski definition) is 1. The lowest BCUT2D eigenvalue weighted by Gasteiger charge is -2.02. The molecule has 0 spiro atoms. The number of imidazole rings is 1. The maximum atomic E-state index is 13.5. The van der Waals surface area contributed by atoms with Crippen LogP contribution in [0.25, 0.3) is 11.0 Å². The van der Waals surface area contributed by atoms with Gasteiger partial charge in [0.2, 0.25) is 12.3 Å². The molecule has 6 nitrogen and oxygen atoms in total. The lowest BCUT2D eigenvalue weighted by atomic mass is 10.3. The maximum absolute atomic E-state index is 13.5. The molecule has 0 amide bonds. The van der Waals surface area contributed by atoms with Crippen molar-refractivity contribution in [3.8, 4) is 0 Å². The van der Waals surface area contributed by atoms with Gasteiger partial charge in [-0.1, -0.05) is 11.2 Å². The van der Waals surface area contributed by atoms with Crippen LogP contribution in [0.1, 0.15) is 5.82 Å². The second-order valence-corrected chi connectivity index (χ2v) is 3.51. The normalized spacial score (nSPS) is 11.1. The highest BCUT2D eigenvalue weighted by molar-refractivity contribution is 5.78. The number of hydrogen-bond acceptors (Lipinski definition) is 5. The molecule has 7 heteroatoms. The number of benzene rings is 1. The second-order valence-electron chi connectivity index (χ2n) is 3.51. The van der Waals surface area contributed by atoms with E-state index in [1.807, 2.05) is 0 Å². The topological polar surface area (TPSA) is 82.8 Å². The van der Waals surface area contributed by atoms with Crippen LogP contribution in [0.2, 0.25) is 0 Å². The van der Waals surface area contributed by atoms with E-state index in [2.05, 4.69) is 19.6 Å². The van der Waals surface area contributed by atoms with Crippen LogP contribution in [0.15, 0.2) is 29.1 Å². The lowest BCUT2D eigenvalue weighted by Crippen LogP contribution is -2.05. The molecule has 2 heterocycles. The Morgan fingerprint density at radius 1 is 1.41 bits per heavy atom. The molecule has 2 N–H and O–H groups in total. The van der Waals surface area contributed by atoms with E-state index in [1.165, 1.54) is 12.5 Å². The average Bonchev–Trinajstić information content (AvgIpc) is 2.91. The zero-order chi connectivity index (χ0) is 11.8. The molecule has 0 bridgehead atoms. The molecule has 1 aromatic carbocycles. The van der Waals surface area contributed by atoms with Gasteiger partial charge >= 0.3 is 0 Å². The molecule has 0 aliphatic rings. The van der Waals surface area contributed by atoms with E-state index in [-0.39, 0.29) is 11.5 Å². The first-order valence-electron chi connectivity index (χ1n) is 4.91. The van der Waals surface area contributed by atoms with E-state index in [1.54, 1.807) is 16.7 Å². The smallest absolute Gasteiger partial charge is 0.213 e. The molecule has 0 fully saturated rings. The molecular formula is C10H8FN5O. The second kappa shape index (κ2) is 3.55. The molecule has 2 aromatic heterocycles. The molecule has 0 unspecified atom stereocenters. The van der Waals surface area contributed by atoms with Gasteiger partial charge in [-0.15, -0.1) is 0 Å². The summed E-state index contributed by atoms with van der Waals surface area (Å²) in [7, 11) is 0. The number of fused-ring (bicyclic) bond motifs is 1. The average molecular weight is 233 g/mol. The Hall–Kier alpha value is -2.44. The third-order valence-electron chi connectivity index (χ3n) is 2.47. The summed E-state index contributed by atoms with van der Waals surface area (Å²) in [5.74, 6) is 0.274. The quantitative estimate of drug-likeness (QED) is 0.718. The summed E-state index contributed by atoms with van der Waals surface area (Å²) >= 11 is 0. The highest BCUT2D eigenvalue weighted by Crippen LogP contribution is 2.20. The van der Waals surface area contributed by atoms with Crippen molar-refractivity contribution in [3.05, 3.63) is 36.2 Å². The van der Waals surface area contributed by atoms with Crippen molar-refractivity contribution >= 4 is 17.0 Å². The zero-order valence-electron chi connectivity index (χ0n) is 8.67. The number of nitrogens with zero attached hydrogens (tertiary/aromatic N) is 4. The minimum absolute atomic E-state index is 0.218. The highest BCUT2D eigenvalue weighted by Gasteiger charge is 2.12. The first-order chi connectivity index (χ1) is 8.25. The molecule has 86 valence electrons. The molecule has 3 rings (SSSR count). The first-order valence-corrected chi connectivity index (χ1v) is 4.91. The fourth-order valence-electron chi connectivity index (χ4n) is 1.70. The zero-order valence-corrected chi connectivity index (χ0v) is 8.67. The number of aromatic nitrogens is 4. The van der Waals surface area contributed by atoms with Gasteiger partial charge in [0.1, 0.15) is 5.52 Å². The predicted molar refractivity (Wildman–Crippen MR) is 57.5 cm³/mol. The third-order valence-corrected chi connectivity index (χ3v) is 2.47. The summed E-state index contributed by atoms with van der Waals surface area (Å²) in [4.78, 5) is 7.86. The Morgan fingerprint density at radius 3 is 3.06 bits per heavy atom. The van der Waals surface area contributed by atoms with Gasteiger partial charge in [0.15, 0.2) is 11.6 Å². The number of para-hydroxylation sites is 1. The predicted octanol–water partition coefficient (Wildman–Crippen LogP) is 1.19. The molecule has 3 aromatic rings. The largest absolute Gasteiger partial charge is 0.369 e. The Labute approximate surface area is 94.9 Å². The molecule has 0 aliphatic heterocycles. The Morgan fingerprint density at radius 2 is 2.29 bits per heavy atom. The van der Waals surface area contributed by atoms with Crippen molar-refractivity contribution in [1.82, 2.24) is 19.7 Å². The first kappa shape index (κ1) is 9.76. The van der Waals surface area contributed by atoms with Crippen molar-refractivity contribution in [3.63, 3.8) is 0 Å². The van der Waals surface area contributed by atoms with Crippen LogP contribution in [-0.4, -0.2) is 19.7 Å². The Bertz CT molecular complexity index is 661. The Balaban J connectivity index is 2.16. The van der Waals surface area contributed by atoms with Gasteiger partial charge in [-0.3, -0.25) is 0 Å². The van der Waals surface area contributed by atoms with E-state index in [0.717, 1.165) is 0 Å². The van der Waals surface area contributed by atoms with Crippen LogP contribution in [0.3, 0.4) is 0 Å². The standard InChI is InChI=1S/C10H8FN5O/c11-6-2-1-3-7-9(6)14-10(12)16(7)4-8-13-5-17-15-8/h1-3,5H,4H2,(H2,12,14). The van der Waals surface area contributed by atoms with Gasteiger partial charge in [-0.25, -0.2) is 9.37 Å². The fourth-order valence-corrected chi connectivity index (χ4v) is 1.70. The summed E-state index contributed by atoms with van der Waals surface area (Å²) in [6.45, 7) is 0.294. The number of nitrogens with two attached hydrogens (primary N) is 1. The summed E-state index contributed by atoms with van der Waals surface area (Å²) < 4.78 is 19.7. The fraction of sp³-hybridized carbons (Fsp3) is 0.100. The van der Waals surface area contributed by atoms with E-state index in [0.29, 0.717) is 17.9 Å². The van der Waals surface area contributed by atoms with Crippen molar-refractivity contribution in [2.24, 2.45) is 0 Å². The van der Waals surface area contributed by atoms with Crippen LogP contribution in [0.5, 0.6) is 0 Å². The van der Waals surface area contributed by atoms with Crippen molar-refractivity contribution < 1.29 is 8.91 Å². The van der Waals surface area contributed by atoms with Crippen LogP contribution in [-0.2, 0) is 6.54 Å². The highest BCUT2D eigenvalue weighted by atomic mass is 19.1. The number of rotatable bonds is 2. The minimum Gasteiger partial charge on any atom is -0.369 e.